The van der Waals surface area contributed by atoms with Crippen LogP contribution in [-0.2, 0) is 40.6 Å². The number of esters is 2. The number of amides is 4. The number of aromatic hydroxyl groups is 1. The van der Waals surface area contributed by atoms with Crippen molar-refractivity contribution in [2.75, 3.05) is 45.0 Å². The Morgan fingerprint density at radius 2 is 1.45 bits per heavy atom. The number of aliphatic hydroxyl groups is 1. The van der Waals surface area contributed by atoms with Crippen LogP contribution in [0.1, 0.15) is 104 Å². The first-order chi connectivity index (χ1) is 37.3. The van der Waals surface area contributed by atoms with E-state index in [0.29, 0.717) is 60.7 Å². The molecule has 0 radical (unpaired) electrons. The van der Waals surface area contributed by atoms with Gasteiger partial charge in [-0.3, -0.25) is 24.2 Å². The quantitative estimate of drug-likeness (QED) is 0.0750. The second kappa shape index (κ2) is 21.0. The van der Waals surface area contributed by atoms with Crippen molar-refractivity contribution in [1.29, 1.82) is 0 Å². The number of phenols is 1. The van der Waals surface area contributed by atoms with Gasteiger partial charge in [-0.1, -0.05) is 117 Å². The number of nitrogens with one attached hydrogen (secondary N) is 1. The Hall–Kier alpha value is -7.71. The molecular formula is C61H63N5O11. The van der Waals surface area contributed by atoms with Gasteiger partial charge in [-0.15, -0.1) is 0 Å². The van der Waals surface area contributed by atoms with Gasteiger partial charge in [-0.25, -0.2) is 14.5 Å². The number of carbonyl (C=O) groups excluding carboxylic acids is 5. The molecule has 4 amide bonds. The fourth-order valence-electron chi connectivity index (χ4n) is 12.7. The Bertz CT molecular complexity index is 3130. The number of methoxy groups -OCH3 is 1. The van der Waals surface area contributed by atoms with Crippen molar-refractivity contribution in [3.05, 3.63) is 155 Å². The number of urea groups is 1. The third kappa shape index (κ3) is 9.34. The van der Waals surface area contributed by atoms with Gasteiger partial charge in [-0.2, -0.15) is 0 Å². The van der Waals surface area contributed by atoms with Gasteiger partial charge in [0.15, 0.2) is 11.5 Å². The van der Waals surface area contributed by atoms with Gasteiger partial charge in [0.05, 0.1) is 30.8 Å². The number of hydrogen-bond donors (Lipinski definition) is 3. The highest BCUT2D eigenvalue weighted by molar-refractivity contribution is 6.25. The molecule has 16 heteroatoms. The molecule has 4 fully saturated rings. The van der Waals surface area contributed by atoms with Gasteiger partial charge in [0.25, 0.3) is 0 Å². The maximum atomic E-state index is 16.9. The molecule has 16 nitrogen and oxygen atoms in total. The monoisotopic (exact) mass is 1040 g/mol. The van der Waals surface area contributed by atoms with Crippen molar-refractivity contribution in [2.24, 2.45) is 11.8 Å². The molecule has 0 aromatic heterocycles. The number of hydrogen-bond acceptors (Lipinski definition) is 13. The third-order valence-corrected chi connectivity index (χ3v) is 16.4. The SMILES string of the molecule is COC(=O)[C@@H](NC(=O)N1C(=O)[C@@]2(c3cc(C#CC4(O)CCCCCC4)ccc31)[C@H](c1ccc(O)cc1)N1[C@H](c3ccccc3)[C@H](c3ccccc3)OC(=O)[C@H]1[C@@H]2C(=O)N1CCN(Cc2ccc3c(c2)OCO3)CC1)C(C)C. The fourth-order valence-corrected chi connectivity index (χ4v) is 12.7. The van der Waals surface area contributed by atoms with Gasteiger partial charge in [-0.05, 0) is 102 Å². The topological polar surface area (TPSA) is 188 Å². The summed E-state index contributed by atoms with van der Waals surface area (Å²) in [5.41, 5.74) is 0.295. The minimum atomic E-state index is -2.11. The lowest BCUT2D eigenvalue weighted by atomic mass is 9.64. The van der Waals surface area contributed by atoms with Crippen LogP contribution in [0.15, 0.2) is 121 Å². The lowest BCUT2D eigenvalue weighted by molar-refractivity contribution is -0.179. The number of nitrogens with zero attached hydrogens (tertiary/aromatic N) is 4. The average molecular weight is 1040 g/mol. The summed E-state index contributed by atoms with van der Waals surface area (Å²) in [5, 5.41) is 25.5. The van der Waals surface area contributed by atoms with Crippen LogP contribution in [0.2, 0.25) is 0 Å². The van der Waals surface area contributed by atoms with E-state index < -0.39 is 82.9 Å². The van der Waals surface area contributed by atoms with Crippen LogP contribution in [0.3, 0.4) is 0 Å². The van der Waals surface area contributed by atoms with Crippen LogP contribution >= 0.6 is 0 Å². The molecule has 5 heterocycles. The maximum Gasteiger partial charge on any atom is 0.329 e. The normalized spacial score (nSPS) is 25.0. The summed E-state index contributed by atoms with van der Waals surface area (Å²) < 4.78 is 23.0. The summed E-state index contributed by atoms with van der Waals surface area (Å²) in [7, 11) is 1.22. The number of phenolic OH excluding ortho intramolecular Hbond substituents is 1. The van der Waals surface area contributed by atoms with E-state index in [2.05, 4.69) is 22.1 Å². The van der Waals surface area contributed by atoms with Crippen molar-refractivity contribution < 1.29 is 53.1 Å². The fraction of sp³-hybridized carbons (Fsp3) is 0.393. The Morgan fingerprint density at radius 3 is 2.13 bits per heavy atom. The van der Waals surface area contributed by atoms with E-state index in [1.54, 1.807) is 49.1 Å². The molecule has 3 saturated heterocycles. The molecule has 398 valence electrons. The molecule has 1 aliphatic carbocycles. The van der Waals surface area contributed by atoms with Gasteiger partial charge in [0, 0.05) is 38.3 Å². The number of piperazine rings is 1. The summed E-state index contributed by atoms with van der Waals surface area (Å²) >= 11 is 0. The molecule has 6 aliphatic rings. The lowest BCUT2D eigenvalue weighted by Gasteiger charge is -2.46. The van der Waals surface area contributed by atoms with Crippen LogP contribution in [-0.4, -0.2) is 112 Å². The standard InChI is InChI=1S/C61H63N5O11/c1-38(2)50(56(69)74-3)62-59(72)65-46-24-18-39(26-29-60(73)27-12-4-5-13-28-60)34-45(46)61(58(65)71)49(55(68)64-32-30-63(31-33-64)36-40-19-25-47-48(35-40)76-37-75-47)52-57(70)77-53(42-16-10-7-11-17-42)51(41-14-8-6-9-15-41)66(52)54(61)43-20-22-44(67)23-21-43/h6-11,14-25,34-35,38,49-54,67,73H,4-5,12-13,27-28,30-33,36-37H2,1-3H3,(H,62,72)/t49-,50+,51-,52-,53+,54+,61-/m1/s1. The van der Waals surface area contributed by atoms with E-state index in [9.17, 15) is 15.0 Å². The zero-order chi connectivity index (χ0) is 53.6. The van der Waals surface area contributed by atoms with E-state index >= 15 is 19.2 Å². The zero-order valence-corrected chi connectivity index (χ0v) is 43.4. The predicted molar refractivity (Wildman–Crippen MR) is 283 cm³/mol. The molecule has 11 rings (SSSR count). The molecular weight excluding hydrogens is 979 g/mol. The summed E-state index contributed by atoms with van der Waals surface area (Å²) in [6.07, 6.45) is 3.62. The molecule has 0 bridgehead atoms. The molecule has 5 aromatic rings. The van der Waals surface area contributed by atoms with Gasteiger partial charge in [0.1, 0.15) is 35.0 Å². The molecule has 77 heavy (non-hydrogen) atoms. The minimum Gasteiger partial charge on any atom is -0.508 e. The highest BCUT2D eigenvalue weighted by Crippen LogP contribution is 2.66. The average Bonchev–Trinajstić information content (AvgIpc) is 3.66. The first-order valence-corrected chi connectivity index (χ1v) is 26.7. The first kappa shape index (κ1) is 51.4. The number of benzene rings is 5. The molecule has 7 atom stereocenters. The second-order valence-electron chi connectivity index (χ2n) is 21.4. The van der Waals surface area contributed by atoms with E-state index in [4.69, 9.17) is 18.9 Å². The number of morpholine rings is 1. The molecule has 0 unspecified atom stereocenters. The molecule has 3 N–H and O–H groups in total. The molecule has 1 saturated carbocycles. The zero-order valence-electron chi connectivity index (χ0n) is 43.4. The third-order valence-electron chi connectivity index (χ3n) is 16.4. The molecule has 5 aliphatic heterocycles. The molecule has 1 spiro atoms. The summed E-state index contributed by atoms with van der Waals surface area (Å²) in [4.78, 5) is 84.6. The highest BCUT2D eigenvalue weighted by Gasteiger charge is 2.76. The number of cyclic esters (lactones) is 1. The second-order valence-corrected chi connectivity index (χ2v) is 21.4. The van der Waals surface area contributed by atoms with Gasteiger partial charge in [0.2, 0.25) is 18.6 Å². The summed E-state index contributed by atoms with van der Waals surface area (Å²) in [5.74, 6) is 2.94. The summed E-state index contributed by atoms with van der Waals surface area (Å²) in [6.45, 7) is 5.59. The Kier molecular flexibility index (Phi) is 14.0. The van der Waals surface area contributed by atoms with Crippen molar-refractivity contribution in [3.8, 4) is 29.1 Å². The van der Waals surface area contributed by atoms with Crippen LogP contribution < -0.4 is 19.7 Å². The maximum absolute atomic E-state index is 16.9. The van der Waals surface area contributed by atoms with Crippen LogP contribution in [0.4, 0.5) is 10.5 Å². The number of anilines is 1. The van der Waals surface area contributed by atoms with E-state index in [1.807, 2.05) is 83.8 Å². The van der Waals surface area contributed by atoms with E-state index in [0.717, 1.165) is 41.7 Å². The Morgan fingerprint density at radius 1 is 0.779 bits per heavy atom. The largest absolute Gasteiger partial charge is 0.508 e. The lowest BCUT2D eigenvalue weighted by Crippen LogP contribution is -2.59. The van der Waals surface area contributed by atoms with Crippen LogP contribution in [0.25, 0.3) is 0 Å². The number of carbonyl (C=O) groups is 5. The number of imide groups is 1. The number of rotatable bonds is 9. The van der Waals surface area contributed by atoms with E-state index in [-0.39, 0.29) is 36.9 Å². The van der Waals surface area contributed by atoms with Crippen molar-refractivity contribution in [3.63, 3.8) is 0 Å². The Labute approximate surface area is 447 Å². The number of ether oxygens (including phenoxy) is 4. The minimum absolute atomic E-state index is 0.0564. The van der Waals surface area contributed by atoms with Crippen LogP contribution in [0.5, 0.6) is 17.2 Å². The molecule has 5 aromatic carbocycles. The van der Waals surface area contributed by atoms with Crippen molar-refractivity contribution >= 4 is 35.5 Å². The highest BCUT2D eigenvalue weighted by atomic mass is 16.7. The predicted octanol–water partition coefficient (Wildman–Crippen LogP) is 7.47. The van der Waals surface area contributed by atoms with Gasteiger partial charge < -0.3 is 39.4 Å². The first-order valence-electron chi connectivity index (χ1n) is 26.7. The van der Waals surface area contributed by atoms with Gasteiger partial charge >= 0.3 is 18.0 Å². The van der Waals surface area contributed by atoms with Crippen molar-refractivity contribution in [2.45, 2.75) is 100 Å². The number of fused-ring (bicyclic) bond motifs is 4. The van der Waals surface area contributed by atoms with Crippen molar-refractivity contribution in [1.82, 2.24) is 20.0 Å². The summed E-state index contributed by atoms with van der Waals surface area (Å²) in [6, 6.07) is 30.5. The Balaban J connectivity index is 1.12. The van der Waals surface area contributed by atoms with E-state index in [1.165, 1.54) is 19.2 Å². The smallest absolute Gasteiger partial charge is 0.329 e. The van der Waals surface area contributed by atoms with Crippen LogP contribution in [0, 0.1) is 23.7 Å².